The molecule has 1 aromatic carbocycles. The Hall–Kier alpha value is -2.40. The molecular weight excluding hydrogens is 430 g/mol. The number of fused-ring (bicyclic) bond motifs is 2. The molecular formula is C25H32F2N2O4. The number of carbonyl (C=O) groups excluding carboxylic acids is 1. The van der Waals surface area contributed by atoms with Gasteiger partial charge in [-0.2, -0.15) is 5.26 Å². The molecule has 2 atom stereocenters. The van der Waals surface area contributed by atoms with E-state index in [9.17, 15) is 13.6 Å². The minimum absolute atomic E-state index is 0.0684. The van der Waals surface area contributed by atoms with Gasteiger partial charge in [0.2, 0.25) is 0 Å². The first kappa shape index (κ1) is 23.7. The summed E-state index contributed by atoms with van der Waals surface area (Å²) in [6.07, 6.45) is 6.06. The van der Waals surface area contributed by atoms with E-state index >= 15 is 0 Å². The summed E-state index contributed by atoms with van der Waals surface area (Å²) >= 11 is 0. The maximum absolute atomic E-state index is 14.1. The standard InChI is InChI=1S/C25H32F2N2O4/c1-25(2,3)33-24(30)29-16-4-5-17(29)13-20(12-16)31-18-6-8-19(9-7-18)32-23-21(26)10-15(14-28)11-22(23)27/h10-11,16-20H,4-9,12-13H2,1-3H3/t16-,17-,18?,19?/m0/s1. The van der Waals surface area contributed by atoms with Crippen LogP contribution in [0, 0.1) is 23.0 Å². The van der Waals surface area contributed by atoms with Crippen LogP contribution in [-0.4, -0.2) is 47.0 Å². The summed E-state index contributed by atoms with van der Waals surface area (Å²) in [5, 5.41) is 8.82. The number of hydrogen-bond donors (Lipinski definition) is 0. The van der Waals surface area contributed by atoms with Crippen molar-refractivity contribution >= 4 is 6.09 Å². The average Bonchev–Trinajstić information content (AvgIpc) is 3.01. The van der Waals surface area contributed by atoms with Gasteiger partial charge in [-0.05, 0) is 84.3 Å². The summed E-state index contributed by atoms with van der Waals surface area (Å²) in [6, 6.07) is 4.03. The van der Waals surface area contributed by atoms with E-state index in [1.807, 2.05) is 25.7 Å². The number of nitriles is 1. The molecule has 1 amide bonds. The molecule has 3 fully saturated rings. The summed E-state index contributed by atoms with van der Waals surface area (Å²) in [6.45, 7) is 5.65. The molecule has 180 valence electrons. The van der Waals surface area contributed by atoms with Gasteiger partial charge in [0.15, 0.2) is 17.4 Å². The third-order valence-electron chi connectivity index (χ3n) is 6.71. The lowest BCUT2D eigenvalue weighted by atomic mass is 9.93. The van der Waals surface area contributed by atoms with Gasteiger partial charge in [-0.25, -0.2) is 13.6 Å². The van der Waals surface area contributed by atoms with E-state index in [1.54, 1.807) is 6.07 Å². The Morgan fingerprint density at radius 2 is 1.52 bits per heavy atom. The van der Waals surface area contributed by atoms with Gasteiger partial charge >= 0.3 is 6.09 Å². The van der Waals surface area contributed by atoms with Crippen LogP contribution in [0.15, 0.2) is 12.1 Å². The molecule has 0 unspecified atom stereocenters. The third kappa shape index (κ3) is 5.57. The zero-order chi connectivity index (χ0) is 23.8. The van der Waals surface area contributed by atoms with Crippen molar-refractivity contribution in [3.8, 4) is 11.8 Å². The quantitative estimate of drug-likeness (QED) is 0.593. The van der Waals surface area contributed by atoms with Crippen molar-refractivity contribution < 1.29 is 27.8 Å². The van der Waals surface area contributed by atoms with Crippen molar-refractivity contribution in [2.75, 3.05) is 0 Å². The second-order valence-electron chi connectivity index (χ2n) is 10.4. The average molecular weight is 463 g/mol. The van der Waals surface area contributed by atoms with Gasteiger partial charge in [0.05, 0.1) is 29.9 Å². The number of rotatable bonds is 4. The SMILES string of the molecule is CC(C)(C)OC(=O)N1[C@H]2CC[C@H]1CC(OC1CCC(Oc3c(F)cc(C#N)cc3F)CC1)C2. The highest BCUT2D eigenvalue weighted by Gasteiger charge is 2.45. The summed E-state index contributed by atoms with van der Waals surface area (Å²) < 4.78 is 45.8. The van der Waals surface area contributed by atoms with Gasteiger partial charge in [0, 0.05) is 12.1 Å². The number of nitrogens with zero attached hydrogens (tertiary/aromatic N) is 2. The second kappa shape index (κ2) is 9.46. The number of amides is 1. The molecule has 2 bridgehead atoms. The van der Waals surface area contributed by atoms with Crippen LogP contribution < -0.4 is 4.74 Å². The number of carbonyl (C=O) groups is 1. The van der Waals surface area contributed by atoms with Gasteiger partial charge < -0.3 is 19.1 Å². The summed E-state index contributed by atoms with van der Waals surface area (Å²) in [5.74, 6) is -2.11. The van der Waals surface area contributed by atoms with E-state index in [2.05, 4.69) is 0 Å². The highest BCUT2D eigenvalue weighted by atomic mass is 19.1. The molecule has 0 radical (unpaired) electrons. The first-order valence-corrected chi connectivity index (χ1v) is 11.9. The minimum Gasteiger partial charge on any atom is -0.484 e. The smallest absolute Gasteiger partial charge is 0.410 e. The molecule has 0 spiro atoms. The fraction of sp³-hybridized carbons (Fsp3) is 0.680. The van der Waals surface area contributed by atoms with Crippen molar-refractivity contribution in [1.82, 2.24) is 4.90 Å². The molecule has 33 heavy (non-hydrogen) atoms. The molecule has 0 aromatic heterocycles. The monoisotopic (exact) mass is 462 g/mol. The van der Waals surface area contributed by atoms with Crippen LogP contribution in [0.3, 0.4) is 0 Å². The minimum atomic E-state index is -0.850. The zero-order valence-electron chi connectivity index (χ0n) is 19.5. The Morgan fingerprint density at radius 3 is 2.03 bits per heavy atom. The Morgan fingerprint density at radius 1 is 0.970 bits per heavy atom. The van der Waals surface area contributed by atoms with E-state index < -0.39 is 23.0 Å². The molecule has 2 saturated heterocycles. The highest BCUT2D eigenvalue weighted by molar-refractivity contribution is 5.69. The number of halogens is 2. The maximum atomic E-state index is 14.1. The topological polar surface area (TPSA) is 71.8 Å². The molecule has 1 aliphatic carbocycles. The van der Waals surface area contributed by atoms with E-state index in [0.717, 1.165) is 50.7 Å². The first-order chi connectivity index (χ1) is 15.6. The maximum Gasteiger partial charge on any atom is 0.410 e. The van der Waals surface area contributed by atoms with Crippen LogP contribution in [0.25, 0.3) is 0 Å². The van der Waals surface area contributed by atoms with Crippen molar-refractivity contribution in [2.45, 2.75) is 108 Å². The number of hydrogen-bond acceptors (Lipinski definition) is 5. The fourth-order valence-corrected chi connectivity index (χ4v) is 5.31. The van der Waals surface area contributed by atoms with E-state index in [-0.39, 0.29) is 42.1 Å². The van der Waals surface area contributed by atoms with Crippen molar-refractivity contribution in [1.29, 1.82) is 5.26 Å². The molecule has 1 aromatic rings. The van der Waals surface area contributed by atoms with E-state index in [0.29, 0.717) is 12.8 Å². The van der Waals surface area contributed by atoms with E-state index in [1.165, 1.54) is 0 Å². The number of benzene rings is 1. The predicted octanol–water partition coefficient (Wildman–Crippen LogP) is 5.47. The molecule has 0 N–H and O–H groups in total. The molecule has 1 saturated carbocycles. The lowest BCUT2D eigenvalue weighted by Crippen LogP contribution is -2.50. The Kier molecular flexibility index (Phi) is 6.81. The molecule has 4 rings (SSSR count). The van der Waals surface area contributed by atoms with Crippen molar-refractivity contribution in [2.24, 2.45) is 0 Å². The van der Waals surface area contributed by atoms with Gasteiger partial charge in [-0.3, -0.25) is 0 Å². The molecule has 3 aliphatic rings. The highest BCUT2D eigenvalue weighted by Crippen LogP contribution is 2.39. The fourth-order valence-electron chi connectivity index (χ4n) is 5.31. The Bertz CT molecular complexity index is 881. The molecule has 8 heteroatoms. The van der Waals surface area contributed by atoms with Crippen LogP contribution >= 0.6 is 0 Å². The number of piperidine rings is 1. The van der Waals surface area contributed by atoms with Crippen molar-refractivity contribution in [3.05, 3.63) is 29.3 Å². The lowest BCUT2D eigenvalue weighted by molar-refractivity contribution is -0.0815. The van der Waals surface area contributed by atoms with Gasteiger partial charge in [-0.15, -0.1) is 0 Å². The summed E-state index contributed by atoms with van der Waals surface area (Å²) in [4.78, 5) is 14.5. The first-order valence-electron chi connectivity index (χ1n) is 11.9. The van der Waals surface area contributed by atoms with Crippen LogP contribution in [0.2, 0.25) is 0 Å². The zero-order valence-corrected chi connectivity index (χ0v) is 19.5. The Labute approximate surface area is 193 Å². The van der Waals surface area contributed by atoms with Gasteiger partial charge in [0.25, 0.3) is 0 Å². The molecule has 6 nitrogen and oxygen atoms in total. The number of ether oxygens (including phenoxy) is 3. The van der Waals surface area contributed by atoms with Crippen LogP contribution in [0.5, 0.6) is 5.75 Å². The van der Waals surface area contributed by atoms with Crippen LogP contribution in [0.1, 0.15) is 77.7 Å². The third-order valence-corrected chi connectivity index (χ3v) is 6.71. The van der Waals surface area contributed by atoms with Gasteiger partial charge in [-0.1, -0.05) is 0 Å². The normalized spacial score (nSPS) is 29.5. The lowest BCUT2D eigenvalue weighted by Gasteiger charge is -2.41. The largest absolute Gasteiger partial charge is 0.484 e. The van der Waals surface area contributed by atoms with Crippen LogP contribution in [-0.2, 0) is 9.47 Å². The second-order valence-corrected chi connectivity index (χ2v) is 10.4. The van der Waals surface area contributed by atoms with Crippen molar-refractivity contribution in [3.63, 3.8) is 0 Å². The molecule has 2 aliphatic heterocycles. The van der Waals surface area contributed by atoms with Crippen LogP contribution in [0.4, 0.5) is 13.6 Å². The summed E-state index contributed by atoms with van der Waals surface area (Å²) in [7, 11) is 0. The molecule has 2 heterocycles. The Balaban J connectivity index is 1.26. The summed E-state index contributed by atoms with van der Waals surface area (Å²) in [5.41, 5.74) is -0.574. The van der Waals surface area contributed by atoms with E-state index in [4.69, 9.17) is 19.5 Å². The predicted molar refractivity (Wildman–Crippen MR) is 117 cm³/mol. The van der Waals surface area contributed by atoms with Gasteiger partial charge in [0.1, 0.15) is 5.60 Å².